The summed E-state index contributed by atoms with van der Waals surface area (Å²) in [6, 6.07) is 9.86. The summed E-state index contributed by atoms with van der Waals surface area (Å²) in [5.41, 5.74) is 7.05. The number of aromatic nitrogens is 1. The van der Waals surface area contributed by atoms with Gasteiger partial charge in [0.15, 0.2) is 0 Å². The van der Waals surface area contributed by atoms with Gasteiger partial charge in [-0.05, 0) is 55.2 Å². The fraction of sp³-hybridized carbons (Fsp3) is 0.375. The van der Waals surface area contributed by atoms with Gasteiger partial charge in [-0.15, -0.1) is 0 Å². The quantitative estimate of drug-likeness (QED) is 0.429. The first kappa shape index (κ1) is 23.9. The lowest BCUT2D eigenvalue weighted by molar-refractivity contribution is -0.190. The molecule has 0 amide bonds. The highest BCUT2D eigenvalue weighted by atomic mass is 19.4. The molecule has 2 aromatic carbocycles. The van der Waals surface area contributed by atoms with Crippen LogP contribution in [0.3, 0.4) is 0 Å². The standard InChI is InChI=1S/C24H26F3N3O4/c1-14-11-20(33-2)22(18-7-9-28-21(14)18)29-30-10-8-17(34-13-24(25,26)27)12-19(30)15-3-5-16(6-4-15)23(31)32/h3-7,9,11,17,19,28-29H,8,10,12-13H2,1-2H3,(H,31,32)/t17-,19-/m0/s1. The average molecular weight is 477 g/mol. The monoisotopic (exact) mass is 477 g/mol. The maximum atomic E-state index is 12.7. The maximum absolute atomic E-state index is 12.7. The van der Waals surface area contributed by atoms with Crippen LogP contribution in [0.2, 0.25) is 0 Å². The fourth-order valence-electron chi connectivity index (χ4n) is 4.39. The van der Waals surface area contributed by atoms with Crippen molar-refractivity contribution < 1.29 is 32.5 Å². The van der Waals surface area contributed by atoms with Crippen LogP contribution in [-0.2, 0) is 4.74 Å². The Kier molecular flexibility index (Phi) is 6.72. The SMILES string of the molecule is COc1cc(C)c2[nH]ccc2c1NN1CC[C@H](OCC(F)(F)F)C[C@H]1c1ccc(C(=O)O)cc1. The highest BCUT2D eigenvalue weighted by molar-refractivity contribution is 5.97. The number of carboxylic acid groups (broad SMARTS) is 1. The Bertz CT molecular complexity index is 1160. The molecule has 182 valence electrons. The van der Waals surface area contributed by atoms with Gasteiger partial charge in [0, 0.05) is 18.1 Å². The van der Waals surface area contributed by atoms with Crippen molar-refractivity contribution in [2.24, 2.45) is 0 Å². The van der Waals surface area contributed by atoms with Gasteiger partial charge in [0.25, 0.3) is 0 Å². The molecule has 3 aromatic rings. The number of methoxy groups -OCH3 is 1. The number of H-pyrrole nitrogens is 1. The minimum absolute atomic E-state index is 0.137. The molecule has 7 nitrogen and oxygen atoms in total. The Morgan fingerprint density at radius 3 is 2.65 bits per heavy atom. The van der Waals surface area contributed by atoms with E-state index < -0.39 is 24.9 Å². The molecule has 1 aromatic heterocycles. The lowest BCUT2D eigenvalue weighted by atomic mass is 9.94. The van der Waals surface area contributed by atoms with Gasteiger partial charge in [0.2, 0.25) is 0 Å². The number of hydrogen-bond donors (Lipinski definition) is 3. The molecule has 0 spiro atoms. The number of piperidine rings is 1. The molecule has 0 bridgehead atoms. The van der Waals surface area contributed by atoms with Crippen molar-refractivity contribution in [3.8, 4) is 5.75 Å². The van der Waals surface area contributed by atoms with Crippen LogP contribution in [0, 0.1) is 6.92 Å². The molecule has 3 N–H and O–H groups in total. The Morgan fingerprint density at radius 2 is 2.00 bits per heavy atom. The van der Waals surface area contributed by atoms with Crippen molar-refractivity contribution in [1.82, 2.24) is 9.99 Å². The van der Waals surface area contributed by atoms with E-state index in [0.29, 0.717) is 25.1 Å². The van der Waals surface area contributed by atoms with Gasteiger partial charge in [-0.25, -0.2) is 9.80 Å². The number of fused-ring (bicyclic) bond motifs is 1. The predicted octanol–water partition coefficient (Wildman–Crippen LogP) is 5.29. The third-order valence-electron chi connectivity index (χ3n) is 6.06. The summed E-state index contributed by atoms with van der Waals surface area (Å²) >= 11 is 0. The zero-order valence-corrected chi connectivity index (χ0v) is 18.8. The highest BCUT2D eigenvalue weighted by Gasteiger charge is 2.35. The molecule has 2 atom stereocenters. The Labute approximate surface area is 194 Å². The van der Waals surface area contributed by atoms with E-state index >= 15 is 0 Å². The first-order chi connectivity index (χ1) is 16.2. The van der Waals surface area contributed by atoms with E-state index in [1.54, 1.807) is 19.2 Å². The van der Waals surface area contributed by atoms with Crippen LogP contribution in [0.1, 0.15) is 40.4 Å². The van der Waals surface area contributed by atoms with Crippen molar-refractivity contribution in [3.05, 3.63) is 59.3 Å². The van der Waals surface area contributed by atoms with Crippen LogP contribution in [-0.4, -0.2) is 53.6 Å². The first-order valence-corrected chi connectivity index (χ1v) is 10.9. The van der Waals surface area contributed by atoms with Gasteiger partial charge in [0.1, 0.15) is 18.0 Å². The number of carboxylic acids is 1. The number of rotatable bonds is 7. The van der Waals surface area contributed by atoms with Crippen molar-refractivity contribution in [2.75, 3.05) is 25.7 Å². The molecular formula is C24H26F3N3O4. The van der Waals surface area contributed by atoms with E-state index in [1.807, 2.05) is 30.3 Å². The summed E-state index contributed by atoms with van der Waals surface area (Å²) in [5, 5.41) is 12.1. The molecule has 2 heterocycles. The molecule has 10 heteroatoms. The van der Waals surface area contributed by atoms with Crippen LogP contribution in [0.25, 0.3) is 10.9 Å². The Hall–Kier alpha value is -3.24. The number of halogens is 3. The number of ether oxygens (including phenoxy) is 2. The molecule has 1 aliphatic rings. The van der Waals surface area contributed by atoms with Crippen molar-refractivity contribution >= 4 is 22.6 Å². The summed E-state index contributed by atoms with van der Waals surface area (Å²) in [5.74, 6) is -0.407. The van der Waals surface area contributed by atoms with Gasteiger partial charge in [0.05, 0.1) is 30.3 Å². The highest BCUT2D eigenvalue weighted by Crippen LogP contribution is 2.39. The topological polar surface area (TPSA) is 86.8 Å². The molecule has 34 heavy (non-hydrogen) atoms. The molecule has 0 radical (unpaired) electrons. The summed E-state index contributed by atoms with van der Waals surface area (Å²) in [4.78, 5) is 14.5. The van der Waals surface area contributed by atoms with Crippen LogP contribution < -0.4 is 10.2 Å². The van der Waals surface area contributed by atoms with E-state index in [1.165, 1.54) is 12.1 Å². The molecule has 1 aliphatic heterocycles. The average Bonchev–Trinajstić information content (AvgIpc) is 3.30. The van der Waals surface area contributed by atoms with E-state index in [0.717, 1.165) is 27.7 Å². The summed E-state index contributed by atoms with van der Waals surface area (Å²) in [6.45, 7) is 1.09. The second kappa shape index (κ2) is 9.55. The van der Waals surface area contributed by atoms with Crippen molar-refractivity contribution in [2.45, 2.75) is 38.1 Å². The Balaban J connectivity index is 1.65. The van der Waals surface area contributed by atoms with Crippen LogP contribution in [0.4, 0.5) is 18.9 Å². The van der Waals surface area contributed by atoms with Gasteiger partial charge < -0.3 is 25.0 Å². The minimum atomic E-state index is -4.40. The Morgan fingerprint density at radius 1 is 1.26 bits per heavy atom. The number of aryl methyl sites for hydroxylation is 1. The number of nitrogens with one attached hydrogen (secondary N) is 2. The molecule has 0 unspecified atom stereocenters. The number of alkyl halides is 3. The van der Waals surface area contributed by atoms with Gasteiger partial charge in [-0.3, -0.25) is 0 Å². The summed E-state index contributed by atoms with van der Waals surface area (Å²) < 4.78 is 49.0. The predicted molar refractivity (Wildman–Crippen MR) is 121 cm³/mol. The fourth-order valence-corrected chi connectivity index (χ4v) is 4.39. The smallest absolute Gasteiger partial charge is 0.411 e. The number of aromatic amines is 1. The molecule has 4 rings (SSSR count). The number of aromatic carboxylic acids is 1. The van der Waals surface area contributed by atoms with Crippen LogP contribution >= 0.6 is 0 Å². The zero-order chi connectivity index (χ0) is 24.5. The number of anilines is 1. The van der Waals surface area contributed by atoms with Crippen molar-refractivity contribution in [1.29, 1.82) is 0 Å². The van der Waals surface area contributed by atoms with Gasteiger partial charge in [-0.2, -0.15) is 13.2 Å². The molecule has 0 saturated carbocycles. The molecule has 1 fully saturated rings. The van der Waals surface area contributed by atoms with E-state index in [2.05, 4.69) is 10.4 Å². The summed E-state index contributed by atoms with van der Waals surface area (Å²) in [7, 11) is 1.58. The molecule has 0 aliphatic carbocycles. The number of benzene rings is 2. The third-order valence-corrected chi connectivity index (χ3v) is 6.06. The number of hydrogen-bond acceptors (Lipinski definition) is 5. The van der Waals surface area contributed by atoms with Gasteiger partial charge in [-0.1, -0.05) is 12.1 Å². The van der Waals surface area contributed by atoms with E-state index in [-0.39, 0.29) is 11.6 Å². The van der Waals surface area contributed by atoms with E-state index in [4.69, 9.17) is 9.47 Å². The largest absolute Gasteiger partial charge is 0.495 e. The number of nitrogens with zero attached hydrogens (tertiary/aromatic N) is 1. The van der Waals surface area contributed by atoms with Crippen molar-refractivity contribution in [3.63, 3.8) is 0 Å². The normalized spacial score (nSPS) is 19.3. The molecule has 1 saturated heterocycles. The second-order valence-electron chi connectivity index (χ2n) is 8.36. The van der Waals surface area contributed by atoms with Gasteiger partial charge >= 0.3 is 12.1 Å². The molecular weight excluding hydrogens is 451 g/mol. The summed E-state index contributed by atoms with van der Waals surface area (Å²) in [6.07, 6.45) is -2.45. The second-order valence-corrected chi connectivity index (χ2v) is 8.36. The van der Waals surface area contributed by atoms with Crippen LogP contribution in [0.15, 0.2) is 42.6 Å². The third kappa shape index (κ3) is 5.13. The lowest BCUT2D eigenvalue weighted by Crippen LogP contribution is -2.43. The zero-order valence-electron chi connectivity index (χ0n) is 18.8. The lowest BCUT2D eigenvalue weighted by Gasteiger charge is -2.40. The number of hydrazine groups is 1. The maximum Gasteiger partial charge on any atom is 0.411 e. The number of carbonyl (C=O) groups is 1. The van der Waals surface area contributed by atoms with E-state index in [9.17, 15) is 23.1 Å². The minimum Gasteiger partial charge on any atom is -0.495 e. The van der Waals surface area contributed by atoms with Crippen LogP contribution in [0.5, 0.6) is 5.75 Å². The first-order valence-electron chi connectivity index (χ1n) is 10.9.